The number of hydrogen-bond acceptors (Lipinski definition) is 4. The molecule has 0 saturated carbocycles. The summed E-state index contributed by atoms with van der Waals surface area (Å²) in [5.74, 6) is 1.79. The van der Waals surface area contributed by atoms with Gasteiger partial charge in [-0.2, -0.15) is 0 Å². The van der Waals surface area contributed by atoms with Gasteiger partial charge in [0, 0.05) is 19.0 Å². The second-order valence-corrected chi connectivity index (χ2v) is 6.22. The molecular formula is C19H16ClN3O3. The quantitative estimate of drug-likeness (QED) is 0.676. The molecule has 0 atom stereocenters. The molecule has 2 aromatic carbocycles. The summed E-state index contributed by atoms with van der Waals surface area (Å²) in [6.07, 6.45) is 3.78. The Hall–Kier alpha value is -2.99. The second-order valence-electron chi connectivity index (χ2n) is 5.81. The SMILES string of the molecule is O=C(/C=C/c1cc(Cl)c2c(c1)OCO2)NCCc1nc2ccccc2[nH]1. The van der Waals surface area contributed by atoms with E-state index in [1.807, 2.05) is 24.3 Å². The number of aromatic amines is 1. The molecule has 6 nitrogen and oxygen atoms in total. The maximum Gasteiger partial charge on any atom is 0.244 e. The number of amides is 1. The van der Waals surface area contributed by atoms with Crippen LogP contribution in [0.3, 0.4) is 0 Å². The Labute approximate surface area is 154 Å². The number of benzene rings is 2. The van der Waals surface area contributed by atoms with E-state index in [-0.39, 0.29) is 12.7 Å². The van der Waals surface area contributed by atoms with Gasteiger partial charge in [-0.1, -0.05) is 23.7 Å². The van der Waals surface area contributed by atoms with Crippen LogP contribution in [0.15, 0.2) is 42.5 Å². The molecule has 7 heteroatoms. The van der Waals surface area contributed by atoms with E-state index in [9.17, 15) is 4.79 Å². The highest BCUT2D eigenvalue weighted by atomic mass is 35.5. The number of nitrogens with one attached hydrogen (secondary N) is 2. The first-order valence-electron chi connectivity index (χ1n) is 8.18. The number of H-pyrrole nitrogens is 1. The number of halogens is 1. The first kappa shape index (κ1) is 16.5. The molecule has 4 rings (SSSR count). The molecule has 0 radical (unpaired) electrons. The third-order valence-electron chi connectivity index (χ3n) is 3.98. The molecule has 0 bridgehead atoms. The molecule has 0 aliphatic carbocycles. The highest BCUT2D eigenvalue weighted by molar-refractivity contribution is 6.32. The fourth-order valence-electron chi connectivity index (χ4n) is 2.74. The normalized spacial score (nSPS) is 12.8. The van der Waals surface area contributed by atoms with Crippen molar-refractivity contribution in [1.29, 1.82) is 0 Å². The number of para-hydroxylation sites is 2. The lowest BCUT2D eigenvalue weighted by atomic mass is 10.2. The molecule has 2 heterocycles. The van der Waals surface area contributed by atoms with Gasteiger partial charge in [0.05, 0.1) is 16.1 Å². The molecule has 3 aromatic rings. The maximum absolute atomic E-state index is 12.0. The summed E-state index contributed by atoms with van der Waals surface area (Å²) in [4.78, 5) is 19.7. The summed E-state index contributed by atoms with van der Waals surface area (Å²) < 4.78 is 10.6. The van der Waals surface area contributed by atoms with E-state index in [0.29, 0.717) is 29.5 Å². The van der Waals surface area contributed by atoms with E-state index in [1.54, 1.807) is 18.2 Å². The summed E-state index contributed by atoms with van der Waals surface area (Å²) in [6.45, 7) is 0.648. The van der Waals surface area contributed by atoms with Gasteiger partial charge in [0.1, 0.15) is 5.82 Å². The number of imidazole rings is 1. The van der Waals surface area contributed by atoms with Gasteiger partial charge in [0.15, 0.2) is 11.5 Å². The van der Waals surface area contributed by atoms with Gasteiger partial charge in [0.2, 0.25) is 12.7 Å². The fourth-order valence-corrected chi connectivity index (χ4v) is 3.02. The molecule has 0 unspecified atom stereocenters. The fraction of sp³-hybridized carbons (Fsp3) is 0.158. The second kappa shape index (κ2) is 7.09. The third kappa shape index (κ3) is 3.50. The van der Waals surface area contributed by atoms with Gasteiger partial charge in [0.25, 0.3) is 0 Å². The average Bonchev–Trinajstić information content (AvgIpc) is 3.26. The monoisotopic (exact) mass is 369 g/mol. The first-order valence-corrected chi connectivity index (χ1v) is 8.55. The topological polar surface area (TPSA) is 76.2 Å². The van der Waals surface area contributed by atoms with Gasteiger partial charge in [-0.05, 0) is 35.9 Å². The third-order valence-corrected chi connectivity index (χ3v) is 4.26. The lowest BCUT2D eigenvalue weighted by Crippen LogP contribution is -2.23. The van der Waals surface area contributed by atoms with E-state index in [2.05, 4.69) is 15.3 Å². The first-order chi connectivity index (χ1) is 12.7. The summed E-state index contributed by atoms with van der Waals surface area (Å²) in [6, 6.07) is 11.3. The van der Waals surface area contributed by atoms with Crippen LogP contribution in [0, 0.1) is 0 Å². The number of rotatable bonds is 5. The molecule has 0 saturated heterocycles. The minimum absolute atomic E-state index is 0.157. The zero-order valence-corrected chi connectivity index (χ0v) is 14.5. The Morgan fingerprint density at radius 1 is 1.31 bits per heavy atom. The van der Waals surface area contributed by atoms with Crippen LogP contribution in [0.5, 0.6) is 11.5 Å². The average molecular weight is 370 g/mol. The van der Waals surface area contributed by atoms with Crippen LogP contribution in [0.4, 0.5) is 0 Å². The van der Waals surface area contributed by atoms with Crippen molar-refractivity contribution in [3.05, 3.63) is 58.9 Å². The molecule has 132 valence electrons. The van der Waals surface area contributed by atoms with Crippen LogP contribution in [-0.2, 0) is 11.2 Å². The van der Waals surface area contributed by atoms with Crippen LogP contribution < -0.4 is 14.8 Å². The predicted octanol–water partition coefficient (Wildman–Crippen LogP) is 3.32. The molecule has 2 N–H and O–H groups in total. The highest BCUT2D eigenvalue weighted by Gasteiger charge is 2.17. The van der Waals surface area contributed by atoms with E-state index >= 15 is 0 Å². The minimum Gasteiger partial charge on any atom is -0.454 e. The van der Waals surface area contributed by atoms with Gasteiger partial charge in [-0.3, -0.25) is 4.79 Å². The Bertz CT molecular complexity index is 964. The number of hydrogen-bond donors (Lipinski definition) is 2. The van der Waals surface area contributed by atoms with Crippen molar-refractivity contribution >= 4 is 34.6 Å². The summed E-state index contributed by atoms with van der Waals surface area (Å²) in [7, 11) is 0. The van der Waals surface area contributed by atoms with E-state index < -0.39 is 0 Å². The van der Waals surface area contributed by atoms with Crippen molar-refractivity contribution in [1.82, 2.24) is 15.3 Å². The lowest BCUT2D eigenvalue weighted by Gasteiger charge is -2.02. The van der Waals surface area contributed by atoms with Crippen molar-refractivity contribution in [2.24, 2.45) is 0 Å². The predicted molar refractivity (Wildman–Crippen MR) is 99.4 cm³/mol. The van der Waals surface area contributed by atoms with Gasteiger partial charge in [-0.25, -0.2) is 4.98 Å². The van der Waals surface area contributed by atoms with Gasteiger partial charge >= 0.3 is 0 Å². The number of nitrogens with zero attached hydrogens (tertiary/aromatic N) is 1. The standard InChI is InChI=1S/C19H16ClN3O3/c20-13-9-12(10-16-19(13)26-11-25-16)5-6-18(24)21-8-7-17-22-14-3-1-2-4-15(14)23-17/h1-6,9-10H,7-8,11H2,(H,21,24)(H,22,23)/b6-5+. The number of fused-ring (bicyclic) bond motifs is 2. The minimum atomic E-state index is -0.185. The van der Waals surface area contributed by atoms with Gasteiger partial charge in [-0.15, -0.1) is 0 Å². The largest absolute Gasteiger partial charge is 0.454 e. The van der Waals surface area contributed by atoms with Crippen molar-refractivity contribution in [3.8, 4) is 11.5 Å². The maximum atomic E-state index is 12.0. The zero-order chi connectivity index (χ0) is 17.9. The van der Waals surface area contributed by atoms with Crippen LogP contribution in [0.2, 0.25) is 5.02 Å². The van der Waals surface area contributed by atoms with Crippen LogP contribution in [0.25, 0.3) is 17.1 Å². The van der Waals surface area contributed by atoms with Crippen molar-refractivity contribution in [2.45, 2.75) is 6.42 Å². The van der Waals surface area contributed by atoms with E-state index in [1.165, 1.54) is 6.08 Å². The van der Waals surface area contributed by atoms with Crippen molar-refractivity contribution < 1.29 is 14.3 Å². The molecule has 0 fully saturated rings. The van der Waals surface area contributed by atoms with E-state index in [4.69, 9.17) is 21.1 Å². The lowest BCUT2D eigenvalue weighted by molar-refractivity contribution is -0.116. The Kier molecular flexibility index (Phi) is 4.50. The number of carbonyl (C=O) groups is 1. The Morgan fingerprint density at radius 3 is 3.08 bits per heavy atom. The molecule has 26 heavy (non-hydrogen) atoms. The molecule has 0 spiro atoms. The summed E-state index contributed by atoms with van der Waals surface area (Å²) in [5.41, 5.74) is 2.69. The Morgan fingerprint density at radius 2 is 2.19 bits per heavy atom. The van der Waals surface area contributed by atoms with E-state index in [0.717, 1.165) is 22.4 Å². The zero-order valence-electron chi connectivity index (χ0n) is 13.8. The summed E-state index contributed by atoms with van der Waals surface area (Å²) in [5, 5.41) is 3.30. The van der Waals surface area contributed by atoms with Crippen LogP contribution in [0.1, 0.15) is 11.4 Å². The number of ether oxygens (including phenoxy) is 2. The molecule has 1 aliphatic heterocycles. The number of carbonyl (C=O) groups excluding carboxylic acids is 1. The molecule has 1 aromatic heterocycles. The van der Waals surface area contributed by atoms with Crippen LogP contribution >= 0.6 is 11.6 Å². The molecule has 1 aliphatic rings. The summed E-state index contributed by atoms with van der Waals surface area (Å²) >= 11 is 6.13. The van der Waals surface area contributed by atoms with Crippen molar-refractivity contribution in [2.75, 3.05) is 13.3 Å². The molecular weight excluding hydrogens is 354 g/mol. The van der Waals surface area contributed by atoms with Gasteiger partial charge < -0.3 is 19.8 Å². The highest BCUT2D eigenvalue weighted by Crippen LogP contribution is 2.40. The van der Waals surface area contributed by atoms with Crippen molar-refractivity contribution in [3.63, 3.8) is 0 Å². The number of aromatic nitrogens is 2. The van der Waals surface area contributed by atoms with Crippen LogP contribution in [-0.4, -0.2) is 29.2 Å². The Balaban J connectivity index is 1.32. The molecule has 1 amide bonds. The smallest absolute Gasteiger partial charge is 0.244 e.